The van der Waals surface area contributed by atoms with E-state index in [0.29, 0.717) is 16.9 Å². The molecule has 4 nitrogen and oxygen atoms in total. The van der Waals surface area contributed by atoms with Crippen LogP contribution in [0.1, 0.15) is 93.7 Å². The van der Waals surface area contributed by atoms with Gasteiger partial charge in [0.2, 0.25) is 0 Å². The normalized spacial score (nSPS) is 14.3. The molecule has 0 radical (unpaired) electrons. The van der Waals surface area contributed by atoms with E-state index in [0.717, 1.165) is 20.9 Å². The number of carbonyl (C=O) groups is 2. The summed E-state index contributed by atoms with van der Waals surface area (Å²) in [5.41, 5.74) is 3.46. The van der Waals surface area contributed by atoms with Gasteiger partial charge in [0.05, 0.1) is 16.0 Å². The van der Waals surface area contributed by atoms with Gasteiger partial charge in [-0.15, -0.1) is 11.8 Å². The van der Waals surface area contributed by atoms with Crippen molar-refractivity contribution >= 4 is 35.1 Å². The number of Topliss-reactive ketones (excluding diaryl/α,β-unsaturated/α-hetero) is 1. The van der Waals surface area contributed by atoms with Crippen LogP contribution in [0.2, 0.25) is 0 Å². The molecule has 4 rings (SSSR count). The van der Waals surface area contributed by atoms with Gasteiger partial charge in [0.1, 0.15) is 11.5 Å². The van der Waals surface area contributed by atoms with Gasteiger partial charge in [0.15, 0.2) is 11.6 Å². The Labute approximate surface area is 258 Å². The Bertz CT molecular complexity index is 1580. The molecule has 42 heavy (non-hydrogen) atoms. The molecule has 0 aliphatic heterocycles. The van der Waals surface area contributed by atoms with Crippen LogP contribution in [0.25, 0.3) is 0 Å². The van der Waals surface area contributed by atoms with Gasteiger partial charge >= 0.3 is 0 Å². The number of phenolic OH excluding ortho intramolecular Hbond substituents is 2. The van der Waals surface area contributed by atoms with Gasteiger partial charge in [-0.25, -0.2) is 0 Å². The van der Waals surface area contributed by atoms with Crippen LogP contribution in [0.5, 0.6) is 11.5 Å². The minimum Gasteiger partial charge on any atom is -0.507 e. The van der Waals surface area contributed by atoms with Crippen LogP contribution in [0.4, 0.5) is 0 Å². The van der Waals surface area contributed by atoms with E-state index in [4.69, 9.17) is 0 Å². The molecule has 1 aliphatic rings. The summed E-state index contributed by atoms with van der Waals surface area (Å²) in [6.45, 7) is 16.9. The van der Waals surface area contributed by atoms with Crippen molar-refractivity contribution < 1.29 is 19.8 Å². The summed E-state index contributed by atoms with van der Waals surface area (Å²) >= 11 is 2.77. The largest absolute Gasteiger partial charge is 0.507 e. The van der Waals surface area contributed by atoms with Gasteiger partial charge in [-0.05, 0) is 78.6 Å². The topological polar surface area (TPSA) is 74.6 Å². The molecule has 1 aliphatic carbocycles. The van der Waals surface area contributed by atoms with E-state index in [1.165, 1.54) is 41.2 Å². The lowest BCUT2D eigenvalue weighted by atomic mass is 9.86. The standard InChI is InChI=1S/C36H40O4S2/c1-21(2)12-17-29(41-24-15-13-22(14-16-24)35(3,4)5)26-19-27(37)32-31(33(26)39)28(38)20-30(34(32)40)42-25-11-9-10-23(18-25)36(6,7)8/h9-16,18-20,29,38,40H,17H2,1-8H3. The van der Waals surface area contributed by atoms with Gasteiger partial charge < -0.3 is 10.2 Å². The maximum atomic E-state index is 13.9. The first kappa shape index (κ1) is 31.7. The summed E-state index contributed by atoms with van der Waals surface area (Å²) in [4.78, 5) is 29.6. The number of phenols is 2. The van der Waals surface area contributed by atoms with E-state index in [1.807, 2.05) is 50.2 Å². The Kier molecular flexibility index (Phi) is 9.19. The highest BCUT2D eigenvalue weighted by Gasteiger charge is 2.36. The number of fused-ring (bicyclic) bond motifs is 1. The molecular formula is C36H40O4S2. The van der Waals surface area contributed by atoms with Crippen molar-refractivity contribution in [2.45, 2.75) is 92.6 Å². The lowest BCUT2D eigenvalue weighted by Gasteiger charge is -2.24. The Morgan fingerprint density at radius 1 is 0.833 bits per heavy atom. The molecule has 0 saturated heterocycles. The molecule has 0 saturated carbocycles. The van der Waals surface area contributed by atoms with Crippen molar-refractivity contribution in [3.63, 3.8) is 0 Å². The minimum absolute atomic E-state index is 0.0225. The number of rotatable bonds is 7. The number of hydrogen-bond donors (Lipinski definition) is 2. The Hall–Kier alpha value is -3.22. The first-order valence-electron chi connectivity index (χ1n) is 14.1. The van der Waals surface area contributed by atoms with E-state index in [9.17, 15) is 19.8 Å². The van der Waals surface area contributed by atoms with Gasteiger partial charge in [0.25, 0.3) is 0 Å². The number of benzene rings is 3. The van der Waals surface area contributed by atoms with E-state index in [-0.39, 0.29) is 38.7 Å². The van der Waals surface area contributed by atoms with Crippen molar-refractivity contribution in [2.24, 2.45) is 0 Å². The maximum Gasteiger partial charge on any atom is 0.194 e. The minimum atomic E-state index is -0.482. The van der Waals surface area contributed by atoms with Crippen LogP contribution >= 0.6 is 23.5 Å². The molecule has 0 spiro atoms. The SMILES string of the molecule is CC(C)=CCC(Sc1ccc(C(C)(C)C)cc1)C1=CC(=O)c2c(O)c(Sc3cccc(C(C)(C)C)c3)cc(O)c2C1=O. The predicted molar refractivity (Wildman–Crippen MR) is 175 cm³/mol. The zero-order chi connectivity index (χ0) is 31.0. The fourth-order valence-corrected chi connectivity index (χ4v) is 6.85. The number of thioether (sulfide) groups is 1. The van der Waals surface area contributed by atoms with E-state index in [2.05, 4.69) is 59.8 Å². The molecule has 6 heteroatoms. The fraction of sp³-hybridized carbons (Fsp3) is 0.333. The number of ketones is 2. The summed E-state index contributed by atoms with van der Waals surface area (Å²) < 4.78 is 0. The number of hydrogen-bond acceptors (Lipinski definition) is 6. The molecule has 3 aromatic carbocycles. The second-order valence-electron chi connectivity index (χ2n) is 13.1. The van der Waals surface area contributed by atoms with Gasteiger partial charge in [-0.3, -0.25) is 9.59 Å². The van der Waals surface area contributed by atoms with Crippen molar-refractivity contribution in [3.05, 3.63) is 100 Å². The zero-order valence-electron chi connectivity index (χ0n) is 25.7. The van der Waals surface area contributed by atoms with Crippen LogP contribution in [0, 0.1) is 0 Å². The summed E-state index contributed by atoms with van der Waals surface area (Å²) in [6.07, 6.45) is 3.94. The molecular weight excluding hydrogens is 561 g/mol. The van der Waals surface area contributed by atoms with Crippen molar-refractivity contribution in [2.75, 3.05) is 0 Å². The van der Waals surface area contributed by atoms with Crippen molar-refractivity contribution in [1.82, 2.24) is 0 Å². The molecule has 0 fully saturated rings. The lowest BCUT2D eigenvalue weighted by molar-refractivity contribution is 0.0977. The highest BCUT2D eigenvalue weighted by atomic mass is 32.2. The Morgan fingerprint density at radius 2 is 1.48 bits per heavy atom. The third kappa shape index (κ3) is 7.04. The van der Waals surface area contributed by atoms with Gasteiger partial charge in [0, 0.05) is 20.6 Å². The summed E-state index contributed by atoms with van der Waals surface area (Å²) in [5, 5.41) is 22.0. The molecule has 220 valence electrons. The monoisotopic (exact) mass is 600 g/mol. The molecule has 1 unspecified atom stereocenters. The number of carbonyl (C=O) groups excluding carboxylic acids is 2. The fourth-order valence-electron chi connectivity index (χ4n) is 4.78. The van der Waals surface area contributed by atoms with Crippen LogP contribution in [-0.4, -0.2) is 27.0 Å². The summed E-state index contributed by atoms with van der Waals surface area (Å²) in [6, 6.07) is 17.6. The first-order chi connectivity index (χ1) is 19.6. The molecule has 2 N–H and O–H groups in total. The van der Waals surface area contributed by atoms with E-state index in [1.54, 1.807) is 0 Å². The third-order valence-electron chi connectivity index (χ3n) is 7.28. The highest BCUT2D eigenvalue weighted by Crippen LogP contribution is 2.46. The van der Waals surface area contributed by atoms with Crippen LogP contribution < -0.4 is 0 Å². The smallest absolute Gasteiger partial charge is 0.194 e. The second kappa shape index (κ2) is 12.2. The number of aromatic hydroxyl groups is 2. The molecule has 0 amide bonds. The molecule has 3 aromatic rings. The molecule has 0 aromatic heterocycles. The van der Waals surface area contributed by atoms with E-state index >= 15 is 0 Å². The van der Waals surface area contributed by atoms with Gasteiger partial charge in [-0.2, -0.15) is 0 Å². The molecule has 0 bridgehead atoms. The zero-order valence-corrected chi connectivity index (χ0v) is 27.3. The van der Waals surface area contributed by atoms with Crippen LogP contribution in [-0.2, 0) is 10.8 Å². The Morgan fingerprint density at radius 3 is 2.07 bits per heavy atom. The predicted octanol–water partition coefficient (Wildman–Crippen LogP) is 9.67. The molecule has 1 atom stereocenters. The maximum absolute atomic E-state index is 13.9. The Balaban J connectivity index is 1.70. The quantitative estimate of drug-likeness (QED) is 0.160. The third-order valence-corrected chi connectivity index (χ3v) is 9.58. The van der Waals surface area contributed by atoms with Gasteiger partial charge in [-0.1, -0.05) is 89.2 Å². The van der Waals surface area contributed by atoms with Crippen molar-refractivity contribution in [1.29, 1.82) is 0 Å². The first-order valence-corrected chi connectivity index (χ1v) is 15.8. The molecule has 0 heterocycles. The van der Waals surface area contributed by atoms with Crippen molar-refractivity contribution in [3.8, 4) is 11.5 Å². The average Bonchev–Trinajstić information content (AvgIpc) is 2.90. The van der Waals surface area contributed by atoms with Crippen LogP contribution in [0.15, 0.2) is 92.6 Å². The average molecular weight is 601 g/mol. The van der Waals surface area contributed by atoms with E-state index < -0.39 is 11.6 Å². The summed E-state index contributed by atoms with van der Waals surface area (Å²) in [5.74, 6) is -1.51. The highest BCUT2D eigenvalue weighted by molar-refractivity contribution is 8.00. The lowest BCUT2D eigenvalue weighted by Crippen LogP contribution is -2.24. The summed E-state index contributed by atoms with van der Waals surface area (Å²) in [7, 11) is 0. The second-order valence-corrected chi connectivity index (χ2v) is 15.5. The number of allylic oxidation sites excluding steroid dienone is 3. The van der Waals surface area contributed by atoms with Crippen LogP contribution in [0.3, 0.4) is 0 Å².